The highest BCUT2D eigenvalue weighted by atomic mass is 16.6. The topological polar surface area (TPSA) is 24.9 Å². The molecule has 2 aliphatic heterocycles. The summed E-state index contributed by atoms with van der Waals surface area (Å²) in [7, 11) is 1.42. The first-order valence-corrected chi connectivity index (χ1v) is 11.1. The normalized spacial score (nSPS) is 18.3. The molecule has 1 radical (unpaired) electrons. The summed E-state index contributed by atoms with van der Waals surface area (Å²) in [6, 6.07) is 16.6. The van der Waals surface area contributed by atoms with Crippen LogP contribution < -0.4 is 9.31 Å². The fourth-order valence-electron chi connectivity index (χ4n) is 4.23. The molecule has 5 heteroatoms. The number of hydrogen-bond acceptors (Lipinski definition) is 4. The number of piperidine rings is 2. The lowest BCUT2D eigenvalue weighted by molar-refractivity contribution is 0.221. The third-order valence-electron chi connectivity index (χ3n) is 5.92. The van der Waals surface area contributed by atoms with Crippen LogP contribution >= 0.6 is 0 Å². The third kappa shape index (κ3) is 6.51. The minimum atomic E-state index is 0.800. The molecular formula is C24H32BN2O2. The summed E-state index contributed by atoms with van der Waals surface area (Å²) in [4.78, 5) is 5.06. The van der Waals surface area contributed by atoms with Crippen LogP contribution in [0.2, 0.25) is 0 Å². The van der Waals surface area contributed by atoms with Crippen molar-refractivity contribution in [1.29, 1.82) is 0 Å². The van der Waals surface area contributed by atoms with E-state index in [0.717, 1.165) is 24.6 Å². The van der Waals surface area contributed by atoms with E-state index < -0.39 is 0 Å². The lowest BCUT2D eigenvalue weighted by Crippen LogP contribution is -2.29. The Balaban J connectivity index is 1.18. The minimum absolute atomic E-state index is 0.800. The van der Waals surface area contributed by atoms with E-state index in [-0.39, 0.29) is 0 Å². The Morgan fingerprint density at radius 3 is 1.31 bits per heavy atom. The molecule has 2 aromatic rings. The van der Waals surface area contributed by atoms with Gasteiger partial charge in [0.05, 0.1) is 0 Å². The Hall–Kier alpha value is -1.98. The molecule has 0 N–H and O–H groups in total. The van der Waals surface area contributed by atoms with Crippen molar-refractivity contribution in [2.75, 3.05) is 26.2 Å². The van der Waals surface area contributed by atoms with Crippen molar-refractivity contribution in [1.82, 2.24) is 9.80 Å². The zero-order valence-electron chi connectivity index (χ0n) is 17.4. The van der Waals surface area contributed by atoms with Gasteiger partial charge in [-0.3, -0.25) is 9.80 Å². The van der Waals surface area contributed by atoms with Crippen LogP contribution in [0, 0.1) is 0 Å². The van der Waals surface area contributed by atoms with E-state index in [1.807, 2.05) is 24.3 Å². The second kappa shape index (κ2) is 10.7. The van der Waals surface area contributed by atoms with Gasteiger partial charge in [-0.25, -0.2) is 0 Å². The highest BCUT2D eigenvalue weighted by molar-refractivity contribution is 6.20. The van der Waals surface area contributed by atoms with Crippen molar-refractivity contribution in [2.24, 2.45) is 0 Å². The fourth-order valence-corrected chi connectivity index (χ4v) is 4.23. The fraction of sp³-hybridized carbons (Fsp3) is 0.500. The molecule has 0 atom stereocenters. The van der Waals surface area contributed by atoms with Gasteiger partial charge in [0.1, 0.15) is 11.5 Å². The van der Waals surface area contributed by atoms with E-state index in [2.05, 4.69) is 34.1 Å². The van der Waals surface area contributed by atoms with Crippen LogP contribution in [-0.2, 0) is 13.1 Å². The monoisotopic (exact) mass is 391 g/mol. The van der Waals surface area contributed by atoms with Gasteiger partial charge in [-0.1, -0.05) is 37.1 Å². The van der Waals surface area contributed by atoms with Crippen LogP contribution in [0.15, 0.2) is 48.5 Å². The molecule has 2 fully saturated rings. The van der Waals surface area contributed by atoms with Crippen LogP contribution in [0.25, 0.3) is 0 Å². The van der Waals surface area contributed by atoms with Gasteiger partial charge in [0.2, 0.25) is 0 Å². The molecular weight excluding hydrogens is 359 g/mol. The SMILES string of the molecule is [B](Oc1ccc(CN2CCCCC2)cc1)Oc1ccc(CN2CCCCC2)cc1. The van der Waals surface area contributed by atoms with Gasteiger partial charge in [-0.15, -0.1) is 0 Å². The number of rotatable bonds is 8. The summed E-state index contributed by atoms with van der Waals surface area (Å²) in [6.45, 7) is 6.94. The van der Waals surface area contributed by atoms with Gasteiger partial charge >= 0.3 is 7.69 Å². The van der Waals surface area contributed by atoms with E-state index in [9.17, 15) is 0 Å². The maximum atomic E-state index is 5.64. The Morgan fingerprint density at radius 2 is 0.931 bits per heavy atom. The van der Waals surface area contributed by atoms with E-state index >= 15 is 0 Å². The third-order valence-corrected chi connectivity index (χ3v) is 5.92. The van der Waals surface area contributed by atoms with E-state index in [4.69, 9.17) is 9.31 Å². The highest BCUT2D eigenvalue weighted by Gasteiger charge is 2.11. The molecule has 29 heavy (non-hydrogen) atoms. The first kappa shape index (κ1) is 20.3. The first-order chi connectivity index (χ1) is 14.3. The zero-order chi connectivity index (χ0) is 19.7. The van der Waals surface area contributed by atoms with Crippen molar-refractivity contribution in [3.05, 3.63) is 59.7 Å². The largest absolute Gasteiger partial charge is 0.658 e. The molecule has 2 aromatic carbocycles. The lowest BCUT2D eigenvalue weighted by atomic mass is 10.1. The second-order valence-electron chi connectivity index (χ2n) is 8.29. The molecule has 0 amide bonds. The smallest absolute Gasteiger partial charge is 0.526 e. The summed E-state index contributed by atoms with van der Waals surface area (Å²) in [5.41, 5.74) is 2.67. The number of benzene rings is 2. The molecule has 0 spiro atoms. The van der Waals surface area contributed by atoms with Gasteiger partial charge in [0, 0.05) is 13.1 Å². The second-order valence-corrected chi connectivity index (χ2v) is 8.29. The predicted molar refractivity (Wildman–Crippen MR) is 118 cm³/mol. The molecule has 153 valence electrons. The molecule has 0 unspecified atom stereocenters. The maximum Gasteiger partial charge on any atom is 0.658 e. The standard InChI is InChI=1S/C24H32BN2O2/c1-3-15-26(16-4-1)19-21-7-11-23(12-8-21)28-25-29-24-13-9-22(10-14-24)20-27-17-5-2-6-18-27/h7-14H,1-6,15-20H2. The molecule has 4 rings (SSSR count). The number of nitrogens with zero attached hydrogens (tertiary/aromatic N) is 2. The van der Waals surface area contributed by atoms with E-state index in [1.165, 1.54) is 83.5 Å². The number of hydrogen-bond donors (Lipinski definition) is 0. The average molecular weight is 391 g/mol. The van der Waals surface area contributed by atoms with Crippen LogP contribution in [0.4, 0.5) is 0 Å². The van der Waals surface area contributed by atoms with Gasteiger partial charge in [0.15, 0.2) is 0 Å². The van der Waals surface area contributed by atoms with Crippen molar-refractivity contribution in [3.63, 3.8) is 0 Å². The van der Waals surface area contributed by atoms with Crippen LogP contribution in [0.3, 0.4) is 0 Å². The maximum absolute atomic E-state index is 5.64. The molecule has 2 saturated heterocycles. The molecule has 4 nitrogen and oxygen atoms in total. The Morgan fingerprint density at radius 1 is 0.552 bits per heavy atom. The summed E-state index contributed by atoms with van der Waals surface area (Å²) < 4.78 is 11.3. The molecule has 0 bridgehead atoms. The average Bonchev–Trinajstić information content (AvgIpc) is 2.78. The number of likely N-dealkylation sites (tertiary alicyclic amines) is 2. The Labute approximate surface area is 176 Å². The van der Waals surface area contributed by atoms with Crippen molar-refractivity contribution < 1.29 is 9.31 Å². The molecule has 2 aliphatic rings. The summed E-state index contributed by atoms with van der Waals surface area (Å²) in [5.74, 6) is 1.60. The molecule has 2 heterocycles. The lowest BCUT2D eigenvalue weighted by Gasteiger charge is -2.26. The van der Waals surface area contributed by atoms with E-state index in [1.54, 1.807) is 0 Å². The van der Waals surface area contributed by atoms with Gasteiger partial charge in [-0.2, -0.15) is 0 Å². The quantitative estimate of drug-likeness (QED) is 0.612. The highest BCUT2D eigenvalue weighted by Crippen LogP contribution is 2.18. The van der Waals surface area contributed by atoms with Crippen LogP contribution in [-0.4, -0.2) is 43.7 Å². The first-order valence-electron chi connectivity index (χ1n) is 11.1. The van der Waals surface area contributed by atoms with Crippen LogP contribution in [0.1, 0.15) is 49.7 Å². The zero-order valence-corrected chi connectivity index (χ0v) is 17.4. The minimum Gasteiger partial charge on any atom is -0.526 e. The summed E-state index contributed by atoms with van der Waals surface area (Å²) in [5, 5.41) is 0. The Kier molecular flexibility index (Phi) is 7.49. The molecule has 0 aromatic heterocycles. The van der Waals surface area contributed by atoms with E-state index in [0.29, 0.717) is 0 Å². The van der Waals surface area contributed by atoms with Gasteiger partial charge in [0.25, 0.3) is 0 Å². The molecule has 0 aliphatic carbocycles. The van der Waals surface area contributed by atoms with Gasteiger partial charge < -0.3 is 9.31 Å². The molecule has 0 saturated carbocycles. The van der Waals surface area contributed by atoms with Crippen LogP contribution in [0.5, 0.6) is 11.5 Å². The summed E-state index contributed by atoms with van der Waals surface area (Å²) >= 11 is 0. The predicted octanol–water partition coefficient (Wildman–Crippen LogP) is 4.65. The van der Waals surface area contributed by atoms with Gasteiger partial charge in [-0.05, 0) is 87.3 Å². The van der Waals surface area contributed by atoms with Crippen molar-refractivity contribution in [3.8, 4) is 11.5 Å². The Bertz CT molecular complexity index is 660. The summed E-state index contributed by atoms with van der Waals surface area (Å²) in [6.07, 6.45) is 8.06. The van der Waals surface area contributed by atoms with Crippen molar-refractivity contribution in [2.45, 2.75) is 51.6 Å². The van der Waals surface area contributed by atoms with Crippen molar-refractivity contribution >= 4 is 7.69 Å².